The van der Waals surface area contributed by atoms with Gasteiger partial charge in [0.2, 0.25) is 0 Å². The normalized spacial score (nSPS) is 13.8. The van der Waals surface area contributed by atoms with Crippen LogP contribution in [0, 0.1) is 0 Å². The molecule has 20 heavy (non-hydrogen) atoms. The predicted octanol–water partition coefficient (Wildman–Crippen LogP) is 3.72. The van der Waals surface area contributed by atoms with Crippen LogP contribution < -0.4 is 0 Å². The van der Waals surface area contributed by atoms with Gasteiger partial charge in [0.25, 0.3) is 11.8 Å². The summed E-state index contributed by atoms with van der Waals surface area (Å²) in [6.45, 7) is 0. The SMILES string of the molecule is CN1C(=O)c2ccc(Sc3ccc(Cl)cc3)cc2C1=O. The van der Waals surface area contributed by atoms with Crippen molar-refractivity contribution >= 4 is 35.2 Å². The monoisotopic (exact) mass is 303 g/mol. The van der Waals surface area contributed by atoms with Crippen LogP contribution in [0.3, 0.4) is 0 Å². The highest BCUT2D eigenvalue weighted by Gasteiger charge is 2.32. The first-order valence-electron chi connectivity index (χ1n) is 5.96. The Labute approximate surface area is 125 Å². The van der Waals surface area contributed by atoms with Crippen molar-refractivity contribution in [2.75, 3.05) is 7.05 Å². The third-order valence-electron chi connectivity index (χ3n) is 3.11. The standard InChI is InChI=1S/C15H10ClNO2S/c1-17-14(18)12-7-6-11(8-13(12)15(17)19)20-10-4-2-9(16)3-5-10/h2-8H,1H3. The second-order valence-corrected chi connectivity index (χ2v) is 6.02. The molecule has 0 fully saturated rings. The fourth-order valence-electron chi connectivity index (χ4n) is 2.04. The van der Waals surface area contributed by atoms with Crippen molar-refractivity contribution in [3.63, 3.8) is 0 Å². The summed E-state index contributed by atoms with van der Waals surface area (Å²) in [6, 6.07) is 12.8. The second kappa shape index (κ2) is 4.96. The predicted molar refractivity (Wildman–Crippen MR) is 78.4 cm³/mol. The van der Waals surface area contributed by atoms with Crippen molar-refractivity contribution in [2.24, 2.45) is 0 Å². The minimum absolute atomic E-state index is 0.243. The Bertz CT molecular complexity index is 712. The Morgan fingerprint density at radius 1 is 0.900 bits per heavy atom. The number of imide groups is 1. The average Bonchev–Trinajstić information content (AvgIpc) is 2.66. The minimum atomic E-state index is -0.247. The number of amides is 2. The largest absolute Gasteiger partial charge is 0.277 e. The summed E-state index contributed by atoms with van der Waals surface area (Å²) in [7, 11) is 1.50. The Kier molecular flexibility index (Phi) is 3.28. The molecule has 1 heterocycles. The Balaban J connectivity index is 1.92. The third kappa shape index (κ3) is 2.21. The first kappa shape index (κ1) is 13.2. The first-order chi connectivity index (χ1) is 9.56. The lowest BCUT2D eigenvalue weighted by atomic mass is 10.1. The fourth-order valence-corrected chi connectivity index (χ4v) is 3.03. The van der Waals surface area contributed by atoms with Crippen LogP contribution >= 0.6 is 23.4 Å². The van der Waals surface area contributed by atoms with Gasteiger partial charge in [-0.1, -0.05) is 23.4 Å². The number of hydrogen-bond acceptors (Lipinski definition) is 3. The van der Waals surface area contributed by atoms with Crippen LogP contribution in [-0.2, 0) is 0 Å². The molecule has 0 bridgehead atoms. The first-order valence-corrected chi connectivity index (χ1v) is 7.15. The summed E-state index contributed by atoms with van der Waals surface area (Å²) in [5.41, 5.74) is 0.939. The molecule has 3 nitrogen and oxygen atoms in total. The molecule has 0 atom stereocenters. The number of rotatable bonds is 2. The highest BCUT2D eigenvalue weighted by molar-refractivity contribution is 7.99. The van der Waals surface area contributed by atoms with E-state index in [4.69, 9.17) is 11.6 Å². The zero-order chi connectivity index (χ0) is 14.3. The van der Waals surface area contributed by atoms with Gasteiger partial charge in [-0.15, -0.1) is 0 Å². The van der Waals surface area contributed by atoms with Crippen molar-refractivity contribution in [3.05, 3.63) is 58.6 Å². The maximum absolute atomic E-state index is 11.9. The van der Waals surface area contributed by atoms with Crippen LogP contribution in [0.5, 0.6) is 0 Å². The molecule has 5 heteroatoms. The van der Waals surface area contributed by atoms with Crippen molar-refractivity contribution in [3.8, 4) is 0 Å². The molecule has 0 saturated carbocycles. The highest BCUT2D eigenvalue weighted by Crippen LogP contribution is 2.32. The van der Waals surface area contributed by atoms with Gasteiger partial charge >= 0.3 is 0 Å². The Morgan fingerprint density at radius 2 is 1.50 bits per heavy atom. The van der Waals surface area contributed by atoms with Crippen molar-refractivity contribution in [2.45, 2.75) is 9.79 Å². The molecule has 2 amide bonds. The van der Waals surface area contributed by atoms with Gasteiger partial charge in [-0.3, -0.25) is 14.5 Å². The quantitative estimate of drug-likeness (QED) is 0.794. The lowest BCUT2D eigenvalue weighted by Crippen LogP contribution is -2.24. The summed E-state index contributed by atoms with van der Waals surface area (Å²) in [4.78, 5) is 26.8. The van der Waals surface area contributed by atoms with Gasteiger partial charge in [0.1, 0.15) is 0 Å². The second-order valence-electron chi connectivity index (χ2n) is 4.43. The minimum Gasteiger partial charge on any atom is -0.277 e. The van der Waals surface area contributed by atoms with Gasteiger partial charge in [0.05, 0.1) is 11.1 Å². The van der Waals surface area contributed by atoms with E-state index in [9.17, 15) is 9.59 Å². The highest BCUT2D eigenvalue weighted by atomic mass is 35.5. The number of hydrogen-bond donors (Lipinski definition) is 0. The van der Waals surface area contributed by atoms with Gasteiger partial charge in [0, 0.05) is 21.9 Å². The van der Waals surface area contributed by atoms with Crippen LogP contribution in [0.15, 0.2) is 52.3 Å². The van der Waals surface area contributed by atoms with Crippen LogP contribution in [0.4, 0.5) is 0 Å². The lowest BCUT2D eigenvalue weighted by Gasteiger charge is -2.03. The summed E-state index contributed by atoms with van der Waals surface area (Å²) in [6.07, 6.45) is 0. The Morgan fingerprint density at radius 3 is 2.20 bits per heavy atom. The van der Waals surface area contributed by atoms with E-state index >= 15 is 0 Å². The average molecular weight is 304 g/mol. The van der Waals surface area contributed by atoms with Gasteiger partial charge in [-0.2, -0.15) is 0 Å². The Hall–Kier alpha value is -1.78. The zero-order valence-electron chi connectivity index (χ0n) is 10.6. The van der Waals surface area contributed by atoms with Crippen LogP contribution in [0.1, 0.15) is 20.7 Å². The van der Waals surface area contributed by atoms with E-state index < -0.39 is 0 Å². The number of nitrogens with zero attached hydrogens (tertiary/aromatic N) is 1. The summed E-state index contributed by atoms with van der Waals surface area (Å²) >= 11 is 7.37. The van der Waals surface area contributed by atoms with Gasteiger partial charge in [0.15, 0.2) is 0 Å². The molecule has 0 saturated heterocycles. The molecule has 0 spiro atoms. The van der Waals surface area contributed by atoms with Gasteiger partial charge in [-0.05, 0) is 42.5 Å². The van der Waals surface area contributed by atoms with Crippen molar-refractivity contribution in [1.29, 1.82) is 0 Å². The van der Waals surface area contributed by atoms with Crippen molar-refractivity contribution in [1.82, 2.24) is 4.90 Å². The molecule has 100 valence electrons. The molecule has 0 unspecified atom stereocenters. The number of benzene rings is 2. The molecule has 2 aromatic rings. The van der Waals surface area contributed by atoms with E-state index in [0.717, 1.165) is 14.7 Å². The zero-order valence-corrected chi connectivity index (χ0v) is 12.2. The topological polar surface area (TPSA) is 37.4 Å². The molecule has 0 N–H and O–H groups in total. The number of carbonyl (C=O) groups is 2. The van der Waals surface area contributed by atoms with Crippen molar-refractivity contribution < 1.29 is 9.59 Å². The van der Waals surface area contributed by atoms with Gasteiger partial charge < -0.3 is 0 Å². The fraction of sp³-hybridized carbons (Fsp3) is 0.0667. The molecule has 0 aliphatic carbocycles. The third-order valence-corrected chi connectivity index (χ3v) is 4.36. The van der Waals surface area contributed by atoms with E-state index in [-0.39, 0.29) is 11.8 Å². The summed E-state index contributed by atoms with van der Waals surface area (Å²) in [5, 5.41) is 0.686. The van der Waals surface area contributed by atoms with Gasteiger partial charge in [-0.25, -0.2) is 0 Å². The smallest absolute Gasteiger partial charge is 0.261 e. The molecule has 0 aromatic heterocycles. The number of halogens is 1. The van der Waals surface area contributed by atoms with E-state index in [1.54, 1.807) is 12.1 Å². The summed E-state index contributed by atoms with van der Waals surface area (Å²) < 4.78 is 0. The van der Waals surface area contributed by atoms with E-state index in [2.05, 4.69) is 0 Å². The lowest BCUT2D eigenvalue weighted by molar-refractivity contribution is 0.0693. The van der Waals surface area contributed by atoms with Crippen LogP contribution in [-0.4, -0.2) is 23.8 Å². The molecule has 3 rings (SSSR count). The maximum Gasteiger partial charge on any atom is 0.261 e. The molecular formula is C15H10ClNO2S. The maximum atomic E-state index is 11.9. The van der Waals surface area contributed by atoms with Crippen LogP contribution in [0.25, 0.3) is 0 Å². The molecular weight excluding hydrogens is 294 g/mol. The van der Waals surface area contributed by atoms with E-state index in [1.165, 1.54) is 18.8 Å². The molecule has 2 aromatic carbocycles. The van der Waals surface area contributed by atoms with E-state index in [0.29, 0.717) is 16.1 Å². The molecule has 0 radical (unpaired) electrons. The van der Waals surface area contributed by atoms with E-state index in [1.807, 2.05) is 30.3 Å². The summed E-state index contributed by atoms with van der Waals surface area (Å²) in [5.74, 6) is -0.489. The van der Waals surface area contributed by atoms with Crippen LogP contribution in [0.2, 0.25) is 5.02 Å². The molecule has 1 aliphatic heterocycles. The number of fused-ring (bicyclic) bond motifs is 1. The molecule has 1 aliphatic rings. The number of carbonyl (C=O) groups excluding carboxylic acids is 2.